The monoisotopic (exact) mass is 294 g/mol. The fourth-order valence-corrected chi connectivity index (χ4v) is 1.93. The van der Waals surface area contributed by atoms with Crippen LogP contribution in [0.1, 0.15) is 40.5 Å². The highest BCUT2D eigenvalue weighted by Gasteiger charge is 2.20. The van der Waals surface area contributed by atoms with Crippen LogP contribution in [0.25, 0.3) is 0 Å². The number of esters is 1. The van der Waals surface area contributed by atoms with Gasteiger partial charge in [-0.2, -0.15) is 0 Å². The molecular formula is C16H26N2O3. The maximum Gasteiger partial charge on any atom is 0.357 e. The lowest BCUT2D eigenvalue weighted by Gasteiger charge is -2.25. The van der Waals surface area contributed by atoms with Crippen LogP contribution < -0.4 is 5.32 Å². The van der Waals surface area contributed by atoms with Gasteiger partial charge in [-0.3, -0.25) is 4.99 Å². The molecule has 1 rings (SSSR count). The van der Waals surface area contributed by atoms with Crippen LogP contribution >= 0.6 is 0 Å². The van der Waals surface area contributed by atoms with Gasteiger partial charge in [0.05, 0.1) is 0 Å². The van der Waals surface area contributed by atoms with E-state index in [0.29, 0.717) is 6.04 Å². The third-order valence-electron chi connectivity index (χ3n) is 2.97. The Morgan fingerprint density at radius 1 is 1.38 bits per heavy atom. The van der Waals surface area contributed by atoms with Gasteiger partial charge < -0.3 is 14.8 Å². The molecule has 0 saturated carbocycles. The van der Waals surface area contributed by atoms with Crippen molar-refractivity contribution in [3.63, 3.8) is 0 Å². The van der Waals surface area contributed by atoms with Crippen LogP contribution in [-0.4, -0.2) is 37.5 Å². The van der Waals surface area contributed by atoms with Gasteiger partial charge in [0.15, 0.2) is 0 Å². The molecule has 0 aromatic rings. The predicted octanol–water partition coefficient (Wildman–Crippen LogP) is 2.59. The third-order valence-corrected chi connectivity index (χ3v) is 2.97. The normalized spacial score (nSPS) is 18.3. The van der Waals surface area contributed by atoms with Crippen LogP contribution in [0.2, 0.25) is 0 Å². The summed E-state index contributed by atoms with van der Waals surface area (Å²) in [6.45, 7) is 12.4. The lowest BCUT2D eigenvalue weighted by Crippen LogP contribution is -2.34. The first-order chi connectivity index (χ1) is 9.85. The summed E-state index contributed by atoms with van der Waals surface area (Å²) in [4.78, 5) is 15.8. The molecule has 0 aromatic heterocycles. The average Bonchev–Trinajstić information content (AvgIpc) is 2.42. The standard InChI is InChI=1S/C16H26N2O3/c1-6-12(18-13-7-9-20-10-8-13)11-14(17-5)15(19)21-16(2,3)4/h6,11,13,18H,5,7-10H2,1-4H3/b12-6+,14-11-. The van der Waals surface area contributed by atoms with Crippen molar-refractivity contribution in [2.75, 3.05) is 13.2 Å². The number of rotatable bonds is 5. The molecular weight excluding hydrogens is 268 g/mol. The molecule has 5 nitrogen and oxygen atoms in total. The van der Waals surface area contributed by atoms with Crippen LogP contribution in [-0.2, 0) is 14.3 Å². The van der Waals surface area contributed by atoms with Gasteiger partial charge in [0, 0.05) is 25.0 Å². The number of nitrogens with zero attached hydrogens (tertiary/aromatic N) is 1. The Hall–Kier alpha value is -1.62. The number of nitrogens with one attached hydrogen (secondary N) is 1. The lowest BCUT2D eigenvalue weighted by molar-refractivity contribution is -0.149. The van der Waals surface area contributed by atoms with Gasteiger partial charge in [0.2, 0.25) is 0 Å². The minimum absolute atomic E-state index is 0.206. The second kappa shape index (κ2) is 7.98. The molecule has 118 valence electrons. The molecule has 0 atom stereocenters. The molecule has 0 bridgehead atoms. The highest BCUT2D eigenvalue weighted by atomic mass is 16.6. The highest BCUT2D eigenvalue weighted by Crippen LogP contribution is 2.14. The minimum atomic E-state index is -0.551. The van der Waals surface area contributed by atoms with Gasteiger partial charge in [-0.25, -0.2) is 4.79 Å². The zero-order valence-electron chi connectivity index (χ0n) is 13.4. The zero-order valence-corrected chi connectivity index (χ0v) is 13.4. The summed E-state index contributed by atoms with van der Waals surface area (Å²) in [7, 11) is 0. The molecule has 5 heteroatoms. The fraction of sp³-hybridized carbons (Fsp3) is 0.625. The van der Waals surface area contributed by atoms with Crippen LogP contribution in [0.5, 0.6) is 0 Å². The molecule has 0 aromatic carbocycles. The van der Waals surface area contributed by atoms with Gasteiger partial charge >= 0.3 is 5.97 Å². The Labute approximate surface area is 127 Å². The van der Waals surface area contributed by atoms with Gasteiger partial charge in [-0.05, 0) is 53.3 Å². The second-order valence-corrected chi connectivity index (χ2v) is 5.96. The molecule has 1 fully saturated rings. The van der Waals surface area contributed by atoms with E-state index in [1.165, 1.54) is 0 Å². The number of aliphatic imine (C=N–C) groups is 1. The average molecular weight is 294 g/mol. The van der Waals surface area contributed by atoms with E-state index >= 15 is 0 Å². The topological polar surface area (TPSA) is 59.9 Å². The Bertz CT molecular complexity index is 427. The SMILES string of the molecule is C=N/C(=C\C(=C/C)NC1CCOCC1)C(=O)OC(C)(C)C. The first-order valence-corrected chi connectivity index (χ1v) is 7.28. The Kier molecular flexibility index (Phi) is 6.62. The van der Waals surface area contributed by atoms with Gasteiger partial charge in [0.1, 0.15) is 11.3 Å². The molecule has 1 heterocycles. The molecule has 21 heavy (non-hydrogen) atoms. The largest absolute Gasteiger partial charge is 0.455 e. The quantitative estimate of drug-likeness (QED) is 0.366. The van der Waals surface area contributed by atoms with Crippen LogP contribution in [0.4, 0.5) is 0 Å². The third kappa shape index (κ3) is 6.58. The first kappa shape index (κ1) is 17.4. The molecule has 1 aliphatic heterocycles. The van der Waals surface area contributed by atoms with Crippen LogP contribution in [0.15, 0.2) is 28.5 Å². The van der Waals surface area contributed by atoms with Gasteiger partial charge in [-0.1, -0.05) is 6.08 Å². The predicted molar refractivity (Wildman–Crippen MR) is 84.2 cm³/mol. The van der Waals surface area contributed by atoms with E-state index in [4.69, 9.17) is 9.47 Å². The first-order valence-electron chi connectivity index (χ1n) is 7.28. The molecule has 0 spiro atoms. The Morgan fingerprint density at radius 2 is 2.00 bits per heavy atom. The van der Waals surface area contributed by atoms with E-state index in [0.717, 1.165) is 31.8 Å². The van der Waals surface area contributed by atoms with Gasteiger partial charge in [-0.15, -0.1) is 0 Å². The molecule has 1 saturated heterocycles. The number of allylic oxidation sites excluding steroid dienone is 2. The van der Waals surface area contributed by atoms with Crippen LogP contribution in [0.3, 0.4) is 0 Å². The van der Waals surface area contributed by atoms with Crippen molar-refractivity contribution in [3.05, 3.63) is 23.5 Å². The van der Waals surface area contributed by atoms with Gasteiger partial charge in [0.25, 0.3) is 0 Å². The van der Waals surface area contributed by atoms with E-state index in [-0.39, 0.29) is 5.70 Å². The molecule has 0 aliphatic carbocycles. The summed E-state index contributed by atoms with van der Waals surface area (Å²) in [5.41, 5.74) is 0.498. The summed E-state index contributed by atoms with van der Waals surface area (Å²) in [6.07, 6.45) is 5.49. The maximum atomic E-state index is 12.0. The number of carbonyl (C=O) groups excluding carboxylic acids is 1. The molecule has 0 unspecified atom stereocenters. The maximum absolute atomic E-state index is 12.0. The highest BCUT2D eigenvalue weighted by molar-refractivity contribution is 5.89. The summed E-state index contributed by atoms with van der Waals surface area (Å²) in [5, 5.41) is 3.40. The van der Waals surface area contributed by atoms with E-state index in [2.05, 4.69) is 17.0 Å². The van der Waals surface area contributed by atoms with Crippen molar-refractivity contribution in [2.45, 2.75) is 52.2 Å². The van der Waals surface area contributed by atoms with Crippen molar-refractivity contribution in [1.82, 2.24) is 5.32 Å². The van der Waals surface area contributed by atoms with Crippen molar-refractivity contribution < 1.29 is 14.3 Å². The lowest BCUT2D eigenvalue weighted by atomic mass is 10.1. The summed E-state index contributed by atoms with van der Waals surface area (Å²) < 4.78 is 10.6. The summed E-state index contributed by atoms with van der Waals surface area (Å²) in [6, 6.07) is 0.353. The summed E-state index contributed by atoms with van der Waals surface area (Å²) >= 11 is 0. The number of hydrogen-bond acceptors (Lipinski definition) is 5. The zero-order chi connectivity index (χ0) is 15.9. The molecule has 0 amide bonds. The van der Waals surface area contributed by atoms with E-state index in [1.807, 2.05) is 33.8 Å². The summed E-state index contributed by atoms with van der Waals surface area (Å²) in [5.74, 6) is -0.467. The van der Waals surface area contributed by atoms with E-state index < -0.39 is 11.6 Å². The van der Waals surface area contributed by atoms with Crippen molar-refractivity contribution in [3.8, 4) is 0 Å². The van der Waals surface area contributed by atoms with Crippen molar-refractivity contribution >= 4 is 12.7 Å². The van der Waals surface area contributed by atoms with E-state index in [9.17, 15) is 4.79 Å². The number of hydrogen-bond donors (Lipinski definition) is 1. The second-order valence-electron chi connectivity index (χ2n) is 5.96. The Morgan fingerprint density at radius 3 is 2.48 bits per heavy atom. The molecule has 1 N–H and O–H groups in total. The minimum Gasteiger partial charge on any atom is -0.455 e. The fourth-order valence-electron chi connectivity index (χ4n) is 1.93. The smallest absolute Gasteiger partial charge is 0.357 e. The number of carbonyl (C=O) groups is 1. The molecule has 0 radical (unpaired) electrons. The van der Waals surface area contributed by atoms with Crippen molar-refractivity contribution in [2.24, 2.45) is 4.99 Å². The van der Waals surface area contributed by atoms with Crippen molar-refractivity contribution in [1.29, 1.82) is 0 Å². The molecule has 1 aliphatic rings. The number of ether oxygens (including phenoxy) is 2. The van der Waals surface area contributed by atoms with Crippen LogP contribution in [0, 0.1) is 0 Å². The Balaban J connectivity index is 2.73. The van der Waals surface area contributed by atoms with E-state index in [1.54, 1.807) is 6.08 Å².